The number of rotatable bonds is 4. The van der Waals surface area contributed by atoms with Crippen molar-refractivity contribution in [3.05, 3.63) is 29.3 Å². The van der Waals surface area contributed by atoms with E-state index in [2.05, 4.69) is 10.2 Å². The number of nitrogens with two attached hydrogens (primary N) is 1. The van der Waals surface area contributed by atoms with Crippen LogP contribution in [0.5, 0.6) is 0 Å². The number of nitrogens with zero attached hydrogens (tertiary/aromatic N) is 2. The minimum absolute atomic E-state index is 0.112. The lowest BCUT2D eigenvalue weighted by Gasteiger charge is -2.27. The normalized spacial score (nSPS) is 29.5. The highest BCUT2D eigenvalue weighted by molar-refractivity contribution is 6.23. The second kappa shape index (κ2) is 6.66. The fraction of sp³-hybridized carbons (Fsp3) is 0.524. The Morgan fingerprint density at radius 1 is 1.00 bits per heavy atom. The highest BCUT2D eigenvalue weighted by Gasteiger charge is 2.45. The number of hydrogen-bond donors (Lipinski definition) is 2. The smallest absolute Gasteiger partial charge is 0.262 e. The Hall–Kier alpha value is -2.74. The van der Waals surface area contributed by atoms with Gasteiger partial charge in [-0.25, -0.2) is 0 Å². The molecule has 3 fully saturated rings. The van der Waals surface area contributed by atoms with E-state index in [9.17, 15) is 19.2 Å². The van der Waals surface area contributed by atoms with Crippen molar-refractivity contribution in [1.29, 1.82) is 0 Å². The summed E-state index contributed by atoms with van der Waals surface area (Å²) in [5, 5.41) is 2.21. The van der Waals surface area contributed by atoms with Crippen LogP contribution in [-0.2, 0) is 9.59 Å². The maximum absolute atomic E-state index is 13.0. The Bertz CT molecular complexity index is 925. The van der Waals surface area contributed by atoms with Gasteiger partial charge in [0.1, 0.15) is 6.04 Å². The molecule has 152 valence electrons. The molecule has 3 N–H and O–H groups in total. The van der Waals surface area contributed by atoms with Crippen molar-refractivity contribution in [1.82, 2.24) is 10.2 Å². The van der Waals surface area contributed by atoms with E-state index in [-0.39, 0.29) is 24.8 Å². The van der Waals surface area contributed by atoms with Crippen molar-refractivity contribution in [2.75, 3.05) is 18.0 Å². The highest BCUT2D eigenvalue weighted by Crippen LogP contribution is 2.39. The lowest BCUT2D eigenvalue weighted by Crippen LogP contribution is -2.54. The number of benzene rings is 1. The average Bonchev–Trinajstić information content (AvgIpc) is 3.39. The van der Waals surface area contributed by atoms with Crippen LogP contribution in [0, 0.1) is 11.8 Å². The first-order valence-electron chi connectivity index (χ1n) is 10.3. The van der Waals surface area contributed by atoms with Gasteiger partial charge in [0, 0.05) is 31.2 Å². The Balaban J connectivity index is 1.37. The van der Waals surface area contributed by atoms with Crippen LogP contribution < -0.4 is 16.0 Å². The molecule has 3 heterocycles. The van der Waals surface area contributed by atoms with Crippen LogP contribution in [0.1, 0.15) is 52.8 Å². The van der Waals surface area contributed by atoms with Crippen LogP contribution in [0.2, 0.25) is 0 Å². The third-order valence-corrected chi connectivity index (χ3v) is 6.61. The Morgan fingerprint density at radius 2 is 1.76 bits per heavy atom. The summed E-state index contributed by atoms with van der Waals surface area (Å²) in [6, 6.07) is 4.43. The van der Waals surface area contributed by atoms with Crippen molar-refractivity contribution in [3.8, 4) is 0 Å². The molecule has 1 saturated carbocycles. The van der Waals surface area contributed by atoms with Gasteiger partial charge in [0.05, 0.1) is 11.1 Å². The zero-order valence-corrected chi connectivity index (χ0v) is 16.1. The predicted octanol–water partition coefficient (Wildman–Crippen LogP) is 0.651. The number of carbonyl (C=O) groups excluding carboxylic acids is 4. The van der Waals surface area contributed by atoms with Gasteiger partial charge in [-0.15, -0.1) is 0 Å². The molecule has 2 saturated heterocycles. The first-order valence-corrected chi connectivity index (χ1v) is 10.3. The highest BCUT2D eigenvalue weighted by atomic mass is 16.2. The standard InChI is InChI=1S/C21H24N4O4/c22-16-10-24(9-12(16)7-11-1-2-11)13-3-4-14-15(8-13)21(29)25(20(14)28)17-5-6-18(26)23-19(17)27/h3-4,8,11-12,16-17H,1-2,5-7,9-10,22H2,(H,23,26,27)/t12-,16-,17?/m1/s1. The number of amides is 4. The van der Waals surface area contributed by atoms with Gasteiger partial charge in [0.15, 0.2) is 0 Å². The Labute approximate surface area is 168 Å². The molecule has 3 aliphatic heterocycles. The molecule has 4 aliphatic rings. The van der Waals surface area contributed by atoms with Gasteiger partial charge < -0.3 is 10.6 Å². The number of imide groups is 2. The fourth-order valence-electron chi connectivity index (χ4n) is 4.79. The summed E-state index contributed by atoms with van der Waals surface area (Å²) in [5.41, 5.74) is 7.85. The minimum Gasteiger partial charge on any atom is -0.370 e. The molecule has 0 spiro atoms. The second-order valence-corrected chi connectivity index (χ2v) is 8.69. The van der Waals surface area contributed by atoms with Crippen molar-refractivity contribution in [3.63, 3.8) is 0 Å². The maximum atomic E-state index is 13.0. The zero-order valence-electron chi connectivity index (χ0n) is 16.1. The summed E-state index contributed by atoms with van der Waals surface area (Å²) >= 11 is 0. The molecule has 4 amide bonds. The van der Waals surface area contributed by atoms with Gasteiger partial charge >= 0.3 is 0 Å². The van der Waals surface area contributed by atoms with Crippen molar-refractivity contribution in [2.45, 2.75) is 44.2 Å². The number of carbonyl (C=O) groups is 4. The van der Waals surface area contributed by atoms with Crippen molar-refractivity contribution in [2.24, 2.45) is 17.6 Å². The molecule has 29 heavy (non-hydrogen) atoms. The van der Waals surface area contributed by atoms with Gasteiger partial charge in [-0.05, 0) is 42.9 Å². The molecule has 0 bridgehead atoms. The molecule has 1 unspecified atom stereocenters. The molecule has 3 atom stereocenters. The Kier molecular flexibility index (Phi) is 4.20. The second-order valence-electron chi connectivity index (χ2n) is 8.69. The minimum atomic E-state index is -0.938. The Morgan fingerprint density at radius 3 is 2.48 bits per heavy atom. The SMILES string of the molecule is N[C@@H]1CN(c2ccc3c(c2)C(=O)N(C2CCC(=O)NC2=O)C3=O)C[C@H]1CC1CC1. The number of hydrogen-bond acceptors (Lipinski definition) is 6. The lowest BCUT2D eigenvalue weighted by molar-refractivity contribution is -0.136. The van der Waals surface area contributed by atoms with Crippen LogP contribution in [0.4, 0.5) is 5.69 Å². The van der Waals surface area contributed by atoms with Crippen LogP contribution in [0.25, 0.3) is 0 Å². The number of nitrogens with one attached hydrogen (secondary N) is 1. The molecule has 0 radical (unpaired) electrons. The third kappa shape index (κ3) is 3.11. The quantitative estimate of drug-likeness (QED) is 0.723. The van der Waals surface area contributed by atoms with E-state index >= 15 is 0 Å². The van der Waals surface area contributed by atoms with Gasteiger partial charge in [-0.1, -0.05) is 12.8 Å². The van der Waals surface area contributed by atoms with E-state index in [1.165, 1.54) is 12.8 Å². The molecular weight excluding hydrogens is 372 g/mol. The summed E-state index contributed by atoms with van der Waals surface area (Å²) in [6.07, 6.45) is 4.03. The molecular formula is C21H24N4O4. The first-order chi connectivity index (χ1) is 13.9. The monoisotopic (exact) mass is 396 g/mol. The van der Waals surface area contributed by atoms with E-state index in [0.29, 0.717) is 17.0 Å². The topological polar surface area (TPSA) is 113 Å². The summed E-state index contributed by atoms with van der Waals surface area (Å²) in [7, 11) is 0. The van der Waals surface area contributed by atoms with E-state index in [0.717, 1.165) is 36.0 Å². The van der Waals surface area contributed by atoms with Gasteiger partial charge in [0.25, 0.3) is 11.8 Å². The fourth-order valence-corrected chi connectivity index (χ4v) is 4.79. The molecule has 8 heteroatoms. The molecule has 1 aromatic rings. The number of anilines is 1. The van der Waals surface area contributed by atoms with Crippen LogP contribution in [0.15, 0.2) is 18.2 Å². The average molecular weight is 396 g/mol. The molecule has 8 nitrogen and oxygen atoms in total. The van der Waals surface area contributed by atoms with Gasteiger partial charge in [0.2, 0.25) is 11.8 Å². The molecule has 1 aromatic carbocycles. The van der Waals surface area contributed by atoms with Crippen molar-refractivity contribution < 1.29 is 19.2 Å². The van der Waals surface area contributed by atoms with E-state index in [1.54, 1.807) is 12.1 Å². The summed E-state index contributed by atoms with van der Waals surface area (Å²) in [4.78, 5) is 52.5. The predicted molar refractivity (Wildman–Crippen MR) is 104 cm³/mol. The van der Waals surface area contributed by atoms with Gasteiger partial charge in [-0.3, -0.25) is 29.4 Å². The lowest BCUT2D eigenvalue weighted by atomic mass is 9.98. The molecule has 1 aliphatic carbocycles. The maximum Gasteiger partial charge on any atom is 0.262 e. The van der Waals surface area contributed by atoms with Crippen LogP contribution >= 0.6 is 0 Å². The number of piperidine rings is 1. The third-order valence-electron chi connectivity index (χ3n) is 6.61. The number of fused-ring (bicyclic) bond motifs is 1. The van der Waals surface area contributed by atoms with Crippen molar-refractivity contribution >= 4 is 29.3 Å². The summed E-state index contributed by atoms with van der Waals surface area (Å²) in [6.45, 7) is 1.59. The molecule has 5 rings (SSSR count). The van der Waals surface area contributed by atoms with E-state index in [4.69, 9.17) is 5.73 Å². The zero-order chi connectivity index (χ0) is 20.3. The van der Waals surface area contributed by atoms with Crippen LogP contribution in [0.3, 0.4) is 0 Å². The van der Waals surface area contributed by atoms with E-state index < -0.39 is 23.8 Å². The van der Waals surface area contributed by atoms with Gasteiger partial charge in [-0.2, -0.15) is 0 Å². The van der Waals surface area contributed by atoms with E-state index in [1.807, 2.05) is 6.07 Å². The van der Waals surface area contributed by atoms with Crippen LogP contribution in [-0.4, -0.2) is 53.7 Å². The molecule has 0 aromatic heterocycles. The largest absolute Gasteiger partial charge is 0.370 e. The summed E-state index contributed by atoms with van der Waals surface area (Å²) in [5.74, 6) is -0.656. The summed E-state index contributed by atoms with van der Waals surface area (Å²) < 4.78 is 0. The first kappa shape index (κ1) is 18.3.